The highest BCUT2D eigenvalue weighted by atomic mass is 79.9. The number of fused-ring (bicyclic) bond motifs is 1. The lowest BCUT2D eigenvalue weighted by molar-refractivity contribution is 0.312. The molecule has 0 bridgehead atoms. The van der Waals surface area contributed by atoms with Crippen LogP contribution in [0.25, 0.3) is 5.65 Å². The lowest BCUT2D eigenvalue weighted by atomic mass is 10.3. The Balaban J connectivity index is 2.04. The van der Waals surface area contributed by atoms with Gasteiger partial charge in [0.15, 0.2) is 11.5 Å². The summed E-state index contributed by atoms with van der Waals surface area (Å²) in [6.45, 7) is 5.96. The summed E-state index contributed by atoms with van der Waals surface area (Å²) in [7, 11) is 2.14. The molecule has 3 heterocycles. The standard InChI is InChI=1S/C11H15BrN6/c1-8-14-11-10(13-7-9(12)18(11)15-8)17-5-3-16(2)4-6-17/h7H,3-6H2,1-2H3. The highest BCUT2D eigenvalue weighted by Crippen LogP contribution is 2.22. The third-order valence-electron chi connectivity index (χ3n) is 3.21. The molecular formula is C11H15BrN6. The number of likely N-dealkylation sites (N-methyl/N-ethyl adjacent to an activating group) is 1. The number of piperazine rings is 1. The molecule has 6 nitrogen and oxygen atoms in total. The zero-order valence-corrected chi connectivity index (χ0v) is 12.1. The van der Waals surface area contributed by atoms with Gasteiger partial charge in [-0.15, -0.1) is 0 Å². The average molecular weight is 311 g/mol. The van der Waals surface area contributed by atoms with E-state index in [9.17, 15) is 0 Å². The Morgan fingerprint density at radius 2 is 1.94 bits per heavy atom. The van der Waals surface area contributed by atoms with Crippen molar-refractivity contribution in [2.45, 2.75) is 6.92 Å². The zero-order chi connectivity index (χ0) is 12.7. The summed E-state index contributed by atoms with van der Waals surface area (Å²) in [5.74, 6) is 1.69. The van der Waals surface area contributed by atoms with Crippen molar-refractivity contribution >= 4 is 27.4 Å². The molecule has 0 amide bonds. The van der Waals surface area contributed by atoms with E-state index < -0.39 is 0 Å². The Kier molecular flexibility index (Phi) is 2.95. The van der Waals surface area contributed by atoms with E-state index in [1.165, 1.54) is 0 Å². The summed E-state index contributed by atoms with van der Waals surface area (Å²) in [6.07, 6.45) is 1.79. The lowest BCUT2D eigenvalue weighted by Crippen LogP contribution is -2.45. The number of aryl methyl sites for hydroxylation is 1. The smallest absolute Gasteiger partial charge is 0.199 e. The monoisotopic (exact) mass is 310 g/mol. The van der Waals surface area contributed by atoms with Gasteiger partial charge < -0.3 is 9.80 Å². The van der Waals surface area contributed by atoms with Gasteiger partial charge >= 0.3 is 0 Å². The molecule has 0 aromatic carbocycles. The molecule has 1 aliphatic heterocycles. The van der Waals surface area contributed by atoms with Gasteiger partial charge in [-0.1, -0.05) is 0 Å². The van der Waals surface area contributed by atoms with Crippen LogP contribution >= 0.6 is 15.9 Å². The van der Waals surface area contributed by atoms with E-state index in [0.29, 0.717) is 0 Å². The van der Waals surface area contributed by atoms with Crippen LogP contribution in [-0.4, -0.2) is 57.7 Å². The van der Waals surface area contributed by atoms with Crippen molar-refractivity contribution in [3.63, 3.8) is 0 Å². The zero-order valence-electron chi connectivity index (χ0n) is 10.5. The van der Waals surface area contributed by atoms with Crippen LogP contribution in [0.5, 0.6) is 0 Å². The normalized spacial score (nSPS) is 17.6. The van der Waals surface area contributed by atoms with Crippen LogP contribution in [0.1, 0.15) is 5.82 Å². The summed E-state index contributed by atoms with van der Waals surface area (Å²) in [4.78, 5) is 13.6. The summed E-state index contributed by atoms with van der Waals surface area (Å²) < 4.78 is 2.63. The minimum Gasteiger partial charge on any atom is -0.351 e. The van der Waals surface area contributed by atoms with Crippen molar-refractivity contribution in [1.82, 2.24) is 24.5 Å². The first-order valence-corrected chi connectivity index (χ1v) is 6.76. The lowest BCUT2D eigenvalue weighted by Gasteiger charge is -2.33. The Morgan fingerprint density at radius 3 is 2.67 bits per heavy atom. The number of halogens is 1. The number of rotatable bonds is 1. The predicted molar refractivity (Wildman–Crippen MR) is 72.9 cm³/mol. The van der Waals surface area contributed by atoms with Gasteiger partial charge in [0.25, 0.3) is 0 Å². The maximum Gasteiger partial charge on any atom is 0.199 e. The predicted octanol–water partition coefficient (Wildman–Crippen LogP) is 0.947. The van der Waals surface area contributed by atoms with Gasteiger partial charge in [0.1, 0.15) is 10.4 Å². The largest absolute Gasteiger partial charge is 0.351 e. The summed E-state index contributed by atoms with van der Waals surface area (Å²) in [5.41, 5.74) is 0.825. The number of aromatic nitrogens is 4. The van der Waals surface area contributed by atoms with Crippen LogP contribution in [0.3, 0.4) is 0 Å². The van der Waals surface area contributed by atoms with Gasteiger partial charge in [0.2, 0.25) is 0 Å². The highest BCUT2D eigenvalue weighted by Gasteiger charge is 2.20. The van der Waals surface area contributed by atoms with Crippen LogP contribution in [0, 0.1) is 6.92 Å². The third-order valence-corrected chi connectivity index (χ3v) is 3.75. The van der Waals surface area contributed by atoms with Crippen molar-refractivity contribution in [3.8, 4) is 0 Å². The second-order valence-corrected chi connectivity index (χ2v) is 5.40. The van der Waals surface area contributed by atoms with Crippen LogP contribution in [-0.2, 0) is 0 Å². The molecule has 18 heavy (non-hydrogen) atoms. The minimum absolute atomic E-state index is 0.763. The molecular weight excluding hydrogens is 296 g/mol. The number of hydrogen-bond donors (Lipinski definition) is 0. The topological polar surface area (TPSA) is 49.6 Å². The fraction of sp³-hybridized carbons (Fsp3) is 0.545. The van der Waals surface area contributed by atoms with Crippen LogP contribution in [0.4, 0.5) is 5.82 Å². The van der Waals surface area contributed by atoms with Crippen molar-refractivity contribution in [2.24, 2.45) is 0 Å². The van der Waals surface area contributed by atoms with E-state index in [2.05, 4.69) is 47.8 Å². The van der Waals surface area contributed by atoms with Crippen LogP contribution in [0.2, 0.25) is 0 Å². The molecule has 0 saturated carbocycles. The number of hydrogen-bond acceptors (Lipinski definition) is 5. The Labute approximate surface area is 114 Å². The SMILES string of the molecule is Cc1nc2c(N3CCN(C)CC3)ncc(Br)n2n1. The molecule has 1 fully saturated rings. The molecule has 2 aromatic rings. The maximum atomic E-state index is 4.51. The molecule has 1 aliphatic rings. The highest BCUT2D eigenvalue weighted by molar-refractivity contribution is 9.10. The minimum atomic E-state index is 0.763. The Morgan fingerprint density at radius 1 is 1.22 bits per heavy atom. The van der Waals surface area contributed by atoms with E-state index in [1.807, 2.05) is 6.92 Å². The first kappa shape index (κ1) is 11.9. The summed E-state index contributed by atoms with van der Waals surface area (Å²) in [6, 6.07) is 0. The first-order chi connectivity index (χ1) is 8.65. The number of anilines is 1. The molecule has 0 radical (unpaired) electrons. The van der Waals surface area contributed by atoms with Crippen molar-refractivity contribution in [3.05, 3.63) is 16.6 Å². The van der Waals surface area contributed by atoms with Gasteiger partial charge in [-0.25, -0.2) is 14.5 Å². The van der Waals surface area contributed by atoms with E-state index >= 15 is 0 Å². The van der Waals surface area contributed by atoms with Crippen LogP contribution in [0.15, 0.2) is 10.8 Å². The van der Waals surface area contributed by atoms with E-state index in [1.54, 1.807) is 10.7 Å². The molecule has 0 N–H and O–H groups in total. The van der Waals surface area contributed by atoms with E-state index in [0.717, 1.165) is 48.1 Å². The molecule has 7 heteroatoms. The summed E-state index contributed by atoms with van der Waals surface area (Å²) in [5, 5.41) is 4.36. The summed E-state index contributed by atoms with van der Waals surface area (Å²) >= 11 is 3.45. The molecule has 96 valence electrons. The van der Waals surface area contributed by atoms with Gasteiger partial charge in [-0.05, 0) is 29.9 Å². The maximum absolute atomic E-state index is 4.51. The molecule has 0 unspecified atom stereocenters. The molecule has 0 aliphatic carbocycles. The second-order valence-electron chi connectivity index (χ2n) is 4.59. The molecule has 0 atom stereocenters. The van der Waals surface area contributed by atoms with Crippen molar-refractivity contribution in [1.29, 1.82) is 0 Å². The molecule has 3 rings (SSSR count). The van der Waals surface area contributed by atoms with Gasteiger partial charge in [0.05, 0.1) is 6.20 Å². The second kappa shape index (κ2) is 4.47. The quantitative estimate of drug-likeness (QED) is 0.785. The Bertz CT molecular complexity index is 572. The van der Waals surface area contributed by atoms with E-state index in [4.69, 9.17) is 0 Å². The van der Waals surface area contributed by atoms with Gasteiger partial charge in [-0.2, -0.15) is 5.10 Å². The van der Waals surface area contributed by atoms with E-state index in [-0.39, 0.29) is 0 Å². The Hall–Kier alpha value is -1.21. The van der Waals surface area contributed by atoms with Crippen molar-refractivity contribution in [2.75, 3.05) is 38.1 Å². The van der Waals surface area contributed by atoms with Gasteiger partial charge in [0, 0.05) is 26.2 Å². The fourth-order valence-electron chi connectivity index (χ4n) is 2.18. The molecule has 2 aromatic heterocycles. The van der Waals surface area contributed by atoms with Gasteiger partial charge in [-0.3, -0.25) is 0 Å². The van der Waals surface area contributed by atoms with Crippen LogP contribution < -0.4 is 4.90 Å². The molecule has 1 saturated heterocycles. The molecule has 0 spiro atoms. The van der Waals surface area contributed by atoms with Crippen molar-refractivity contribution < 1.29 is 0 Å². The fourth-order valence-corrected chi connectivity index (χ4v) is 2.53. The average Bonchev–Trinajstić information content (AvgIpc) is 2.74. The third kappa shape index (κ3) is 1.97. The first-order valence-electron chi connectivity index (χ1n) is 5.96. The number of nitrogens with zero attached hydrogens (tertiary/aromatic N) is 6.